The van der Waals surface area contributed by atoms with Crippen molar-refractivity contribution in [1.82, 2.24) is 20.1 Å². The summed E-state index contributed by atoms with van der Waals surface area (Å²) in [5.74, 6) is 2.79. The number of nitrogens with one attached hydrogen (secondary N) is 1. The zero-order chi connectivity index (χ0) is 19.2. The first-order valence-electron chi connectivity index (χ1n) is 9.74. The molecular weight excluding hydrogens is 356 g/mol. The average molecular weight is 380 g/mol. The second-order valence-electron chi connectivity index (χ2n) is 6.88. The van der Waals surface area contributed by atoms with Crippen molar-refractivity contribution in [1.29, 1.82) is 0 Å². The maximum absolute atomic E-state index is 12.5. The fourth-order valence-corrected chi connectivity index (χ4v) is 3.42. The lowest BCUT2D eigenvalue weighted by molar-refractivity contribution is 0.0922. The number of carbonyl (C=O) groups excluding carboxylic acids is 1. The molecule has 0 aliphatic carbocycles. The minimum Gasteiger partial charge on any atom is -0.489 e. The van der Waals surface area contributed by atoms with Crippen molar-refractivity contribution in [2.45, 2.75) is 45.3 Å². The predicted molar refractivity (Wildman–Crippen MR) is 103 cm³/mol. The monoisotopic (exact) mass is 380 g/mol. The zero-order valence-electron chi connectivity index (χ0n) is 15.8. The topological polar surface area (TPSA) is 82.2 Å². The highest BCUT2D eigenvalue weighted by atomic mass is 16.5. The molecule has 3 heterocycles. The number of furan rings is 1. The Morgan fingerprint density at radius 2 is 2.04 bits per heavy atom. The van der Waals surface area contributed by atoms with E-state index >= 15 is 0 Å². The first-order valence-corrected chi connectivity index (χ1v) is 9.74. The van der Waals surface area contributed by atoms with Crippen LogP contribution >= 0.6 is 0 Å². The molecule has 1 amide bonds. The fraction of sp³-hybridized carbons (Fsp3) is 0.381. The van der Waals surface area contributed by atoms with Crippen LogP contribution in [0.4, 0.5) is 0 Å². The van der Waals surface area contributed by atoms with Gasteiger partial charge in [-0.3, -0.25) is 4.79 Å². The molecule has 1 aliphatic heterocycles. The molecule has 7 heteroatoms. The first-order chi connectivity index (χ1) is 13.8. The number of ether oxygens (including phenoxy) is 1. The standard InChI is InChI=1S/C21H24N4O3/c26-21(20-16(11-14-27-20)15-28-17-7-3-1-4-8-17)22-12-10-19-24-23-18-9-5-2-6-13-25(18)19/h1,3-4,7-8,11,14H,2,5-6,9-10,12-13,15H2,(H,22,26). The molecule has 1 aliphatic rings. The molecule has 7 nitrogen and oxygen atoms in total. The van der Waals surface area contributed by atoms with Crippen molar-refractivity contribution in [2.24, 2.45) is 0 Å². The lowest BCUT2D eigenvalue weighted by atomic mass is 10.2. The summed E-state index contributed by atoms with van der Waals surface area (Å²) in [4.78, 5) is 12.5. The van der Waals surface area contributed by atoms with Gasteiger partial charge in [0, 0.05) is 31.5 Å². The highest BCUT2D eigenvalue weighted by Gasteiger charge is 2.17. The van der Waals surface area contributed by atoms with Crippen molar-refractivity contribution < 1.29 is 13.9 Å². The number of hydrogen-bond donors (Lipinski definition) is 1. The quantitative estimate of drug-likeness (QED) is 0.681. The van der Waals surface area contributed by atoms with Gasteiger partial charge in [-0.15, -0.1) is 10.2 Å². The van der Waals surface area contributed by atoms with E-state index in [0.717, 1.165) is 42.3 Å². The van der Waals surface area contributed by atoms with Gasteiger partial charge in [-0.25, -0.2) is 0 Å². The third kappa shape index (κ3) is 4.24. The van der Waals surface area contributed by atoms with E-state index < -0.39 is 0 Å². The number of nitrogens with zero attached hydrogens (tertiary/aromatic N) is 3. The van der Waals surface area contributed by atoms with E-state index in [1.807, 2.05) is 30.3 Å². The molecule has 1 aromatic carbocycles. The molecule has 28 heavy (non-hydrogen) atoms. The van der Waals surface area contributed by atoms with Crippen LogP contribution in [0, 0.1) is 0 Å². The molecule has 0 unspecified atom stereocenters. The van der Waals surface area contributed by atoms with E-state index in [0.29, 0.717) is 13.0 Å². The number of benzene rings is 1. The Hall–Kier alpha value is -3.09. The van der Waals surface area contributed by atoms with Crippen molar-refractivity contribution in [3.63, 3.8) is 0 Å². The first kappa shape index (κ1) is 18.3. The summed E-state index contributed by atoms with van der Waals surface area (Å²) in [6.45, 7) is 1.72. The lowest BCUT2D eigenvalue weighted by Gasteiger charge is -2.08. The van der Waals surface area contributed by atoms with Gasteiger partial charge in [0.05, 0.1) is 6.26 Å². The summed E-state index contributed by atoms with van der Waals surface area (Å²) >= 11 is 0. The number of hydrogen-bond acceptors (Lipinski definition) is 5. The SMILES string of the molecule is O=C(NCCc1nnc2n1CCCCC2)c1occc1COc1ccccc1. The number of rotatable bonds is 7. The molecule has 146 valence electrons. The highest BCUT2D eigenvalue weighted by molar-refractivity contribution is 5.92. The largest absolute Gasteiger partial charge is 0.489 e. The van der Waals surface area contributed by atoms with E-state index in [4.69, 9.17) is 9.15 Å². The third-order valence-corrected chi connectivity index (χ3v) is 4.91. The van der Waals surface area contributed by atoms with Crippen molar-refractivity contribution in [2.75, 3.05) is 6.54 Å². The van der Waals surface area contributed by atoms with Gasteiger partial charge in [-0.2, -0.15) is 0 Å². The Kier molecular flexibility index (Phi) is 5.70. The smallest absolute Gasteiger partial charge is 0.287 e. The molecule has 1 N–H and O–H groups in total. The van der Waals surface area contributed by atoms with E-state index in [-0.39, 0.29) is 18.3 Å². The molecule has 0 saturated carbocycles. The van der Waals surface area contributed by atoms with Crippen LogP contribution in [0.2, 0.25) is 0 Å². The molecule has 4 rings (SSSR count). The third-order valence-electron chi connectivity index (χ3n) is 4.91. The van der Waals surface area contributed by atoms with Gasteiger partial charge < -0.3 is 19.0 Å². The van der Waals surface area contributed by atoms with Crippen LogP contribution in [0.3, 0.4) is 0 Å². The van der Waals surface area contributed by atoms with Gasteiger partial charge in [-0.05, 0) is 31.0 Å². The second-order valence-corrected chi connectivity index (χ2v) is 6.88. The Balaban J connectivity index is 1.31. The minimum atomic E-state index is -0.243. The normalized spacial score (nSPS) is 13.6. The predicted octanol–water partition coefficient (Wildman–Crippen LogP) is 3.15. The maximum Gasteiger partial charge on any atom is 0.287 e. The summed E-state index contributed by atoms with van der Waals surface area (Å²) in [5, 5.41) is 11.5. The number of fused-ring (bicyclic) bond motifs is 1. The van der Waals surface area contributed by atoms with E-state index in [1.165, 1.54) is 19.1 Å². The van der Waals surface area contributed by atoms with E-state index in [9.17, 15) is 4.79 Å². The molecule has 0 saturated heterocycles. The Labute approximate surface area is 163 Å². The van der Waals surface area contributed by atoms with Crippen molar-refractivity contribution in [3.05, 3.63) is 65.6 Å². The van der Waals surface area contributed by atoms with Crippen LogP contribution in [0.1, 0.15) is 47.0 Å². The summed E-state index contributed by atoms with van der Waals surface area (Å²) in [6, 6.07) is 11.3. The molecule has 3 aromatic rings. The number of amides is 1. The maximum atomic E-state index is 12.5. The van der Waals surface area contributed by atoms with E-state index in [1.54, 1.807) is 6.07 Å². The number of carbonyl (C=O) groups is 1. The fourth-order valence-electron chi connectivity index (χ4n) is 3.42. The van der Waals surface area contributed by atoms with Gasteiger partial charge in [0.15, 0.2) is 5.76 Å². The van der Waals surface area contributed by atoms with Gasteiger partial charge in [0.25, 0.3) is 5.91 Å². The Morgan fingerprint density at radius 3 is 2.93 bits per heavy atom. The van der Waals surface area contributed by atoms with Crippen LogP contribution in [-0.2, 0) is 26.0 Å². The summed E-state index contributed by atoms with van der Waals surface area (Å²) in [6.07, 6.45) is 6.69. The number of aromatic nitrogens is 3. The second kappa shape index (κ2) is 8.73. The van der Waals surface area contributed by atoms with Gasteiger partial charge in [-0.1, -0.05) is 24.6 Å². The molecular formula is C21H24N4O3. The Morgan fingerprint density at radius 1 is 1.14 bits per heavy atom. The minimum absolute atomic E-state index is 0.243. The molecule has 0 radical (unpaired) electrons. The van der Waals surface area contributed by atoms with Crippen LogP contribution in [0.5, 0.6) is 5.75 Å². The lowest BCUT2D eigenvalue weighted by Crippen LogP contribution is -2.27. The van der Waals surface area contributed by atoms with Crippen LogP contribution in [0.25, 0.3) is 0 Å². The molecule has 0 fully saturated rings. The molecule has 0 bridgehead atoms. The summed E-state index contributed by atoms with van der Waals surface area (Å²) in [5.41, 5.74) is 0.720. The molecule has 2 aromatic heterocycles. The highest BCUT2D eigenvalue weighted by Crippen LogP contribution is 2.16. The van der Waals surface area contributed by atoms with Gasteiger partial charge >= 0.3 is 0 Å². The average Bonchev–Trinajstić information content (AvgIpc) is 3.28. The molecule has 0 spiro atoms. The van der Waals surface area contributed by atoms with Crippen LogP contribution in [-0.4, -0.2) is 27.2 Å². The number of aryl methyl sites for hydroxylation is 1. The van der Waals surface area contributed by atoms with Gasteiger partial charge in [0.1, 0.15) is 24.0 Å². The summed E-state index contributed by atoms with van der Waals surface area (Å²) in [7, 11) is 0. The van der Waals surface area contributed by atoms with Crippen LogP contribution in [0.15, 0.2) is 47.1 Å². The Bertz CT molecular complexity index is 917. The van der Waals surface area contributed by atoms with Crippen molar-refractivity contribution >= 4 is 5.91 Å². The van der Waals surface area contributed by atoms with Crippen molar-refractivity contribution in [3.8, 4) is 5.75 Å². The van der Waals surface area contributed by atoms with Gasteiger partial charge in [0.2, 0.25) is 0 Å². The van der Waals surface area contributed by atoms with E-state index in [2.05, 4.69) is 20.1 Å². The molecule has 0 atom stereocenters. The van der Waals surface area contributed by atoms with Crippen LogP contribution < -0.4 is 10.1 Å². The zero-order valence-corrected chi connectivity index (χ0v) is 15.8. The number of para-hydroxylation sites is 1. The summed E-state index contributed by atoms with van der Waals surface area (Å²) < 4.78 is 13.3.